The maximum atomic E-state index is 12.0. The first-order valence-corrected chi connectivity index (χ1v) is 7.91. The SMILES string of the molecule is CCC(CC)C(=O)Nc1ccc(C(=O)NCCNC(C)=O)cc1. The van der Waals surface area contributed by atoms with Crippen LogP contribution in [0.2, 0.25) is 0 Å². The van der Waals surface area contributed by atoms with E-state index in [4.69, 9.17) is 0 Å². The summed E-state index contributed by atoms with van der Waals surface area (Å²) < 4.78 is 0. The van der Waals surface area contributed by atoms with E-state index in [1.54, 1.807) is 24.3 Å². The molecule has 6 heteroatoms. The van der Waals surface area contributed by atoms with Gasteiger partial charge in [-0.05, 0) is 37.1 Å². The number of benzene rings is 1. The molecule has 0 atom stereocenters. The average Bonchev–Trinajstić information content (AvgIpc) is 2.53. The summed E-state index contributed by atoms with van der Waals surface area (Å²) >= 11 is 0. The van der Waals surface area contributed by atoms with Gasteiger partial charge in [0.15, 0.2) is 0 Å². The van der Waals surface area contributed by atoms with Crippen LogP contribution in [0.3, 0.4) is 0 Å². The number of anilines is 1. The quantitative estimate of drug-likeness (QED) is 0.640. The molecule has 0 saturated heterocycles. The van der Waals surface area contributed by atoms with Gasteiger partial charge in [-0.2, -0.15) is 0 Å². The van der Waals surface area contributed by atoms with E-state index in [9.17, 15) is 14.4 Å². The van der Waals surface area contributed by atoms with Crippen molar-refractivity contribution in [3.8, 4) is 0 Å². The monoisotopic (exact) mass is 319 g/mol. The maximum Gasteiger partial charge on any atom is 0.251 e. The first kappa shape index (κ1) is 18.7. The highest BCUT2D eigenvalue weighted by Gasteiger charge is 2.14. The molecule has 23 heavy (non-hydrogen) atoms. The zero-order chi connectivity index (χ0) is 17.2. The molecule has 1 aromatic carbocycles. The molecule has 0 radical (unpaired) electrons. The Morgan fingerprint density at radius 2 is 1.52 bits per heavy atom. The highest BCUT2D eigenvalue weighted by atomic mass is 16.2. The van der Waals surface area contributed by atoms with Crippen molar-refractivity contribution in [2.45, 2.75) is 33.6 Å². The average molecular weight is 319 g/mol. The Hall–Kier alpha value is -2.37. The highest BCUT2D eigenvalue weighted by molar-refractivity contribution is 5.96. The van der Waals surface area contributed by atoms with E-state index in [1.165, 1.54) is 6.92 Å². The Kier molecular flexibility index (Phi) is 7.80. The lowest BCUT2D eigenvalue weighted by Gasteiger charge is -2.13. The summed E-state index contributed by atoms with van der Waals surface area (Å²) in [5.74, 6) is -0.334. The smallest absolute Gasteiger partial charge is 0.251 e. The molecule has 0 aliphatic carbocycles. The van der Waals surface area contributed by atoms with Gasteiger partial charge in [-0.3, -0.25) is 14.4 Å². The summed E-state index contributed by atoms with van der Waals surface area (Å²) in [6.45, 7) is 6.16. The molecule has 0 unspecified atom stereocenters. The molecule has 126 valence electrons. The van der Waals surface area contributed by atoms with Gasteiger partial charge >= 0.3 is 0 Å². The number of carbonyl (C=O) groups excluding carboxylic acids is 3. The van der Waals surface area contributed by atoms with Crippen LogP contribution in [0.15, 0.2) is 24.3 Å². The largest absolute Gasteiger partial charge is 0.355 e. The molecule has 3 amide bonds. The lowest BCUT2D eigenvalue weighted by atomic mass is 10.0. The van der Waals surface area contributed by atoms with E-state index in [2.05, 4.69) is 16.0 Å². The number of amides is 3. The van der Waals surface area contributed by atoms with Gasteiger partial charge in [-0.1, -0.05) is 13.8 Å². The standard InChI is InChI=1S/C17H25N3O3/c1-4-13(5-2)17(23)20-15-8-6-14(7-9-15)16(22)19-11-10-18-12(3)21/h6-9,13H,4-5,10-11H2,1-3H3,(H,18,21)(H,19,22)(H,20,23). The Bertz CT molecular complexity index is 537. The molecular weight excluding hydrogens is 294 g/mol. The van der Waals surface area contributed by atoms with E-state index in [-0.39, 0.29) is 23.6 Å². The fraction of sp³-hybridized carbons (Fsp3) is 0.471. The van der Waals surface area contributed by atoms with Gasteiger partial charge in [-0.15, -0.1) is 0 Å². The van der Waals surface area contributed by atoms with Crippen molar-refractivity contribution < 1.29 is 14.4 Å². The number of carbonyl (C=O) groups is 3. The van der Waals surface area contributed by atoms with E-state index in [0.717, 1.165) is 12.8 Å². The third-order valence-corrected chi connectivity index (χ3v) is 3.56. The van der Waals surface area contributed by atoms with Crippen molar-refractivity contribution in [2.24, 2.45) is 5.92 Å². The predicted octanol–water partition coefficient (Wildman–Crippen LogP) is 1.93. The molecule has 0 fully saturated rings. The summed E-state index contributed by atoms with van der Waals surface area (Å²) in [7, 11) is 0. The van der Waals surface area contributed by atoms with Gasteiger partial charge in [-0.25, -0.2) is 0 Å². The first-order chi connectivity index (χ1) is 11.0. The lowest BCUT2D eigenvalue weighted by Crippen LogP contribution is -2.33. The van der Waals surface area contributed by atoms with Crippen LogP contribution in [0.1, 0.15) is 44.0 Å². The number of nitrogens with one attached hydrogen (secondary N) is 3. The second-order valence-electron chi connectivity index (χ2n) is 5.32. The predicted molar refractivity (Wildman–Crippen MR) is 90.2 cm³/mol. The van der Waals surface area contributed by atoms with Crippen LogP contribution in [0.25, 0.3) is 0 Å². The zero-order valence-electron chi connectivity index (χ0n) is 13.9. The van der Waals surface area contributed by atoms with Crippen LogP contribution in [0.4, 0.5) is 5.69 Å². The van der Waals surface area contributed by atoms with Crippen molar-refractivity contribution in [1.82, 2.24) is 10.6 Å². The minimum Gasteiger partial charge on any atom is -0.355 e. The second kappa shape index (κ2) is 9.61. The fourth-order valence-corrected chi connectivity index (χ4v) is 2.13. The van der Waals surface area contributed by atoms with Crippen LogP contribution in [-0.4, -0.2) is 30.8 Å². The Morgan fingerprint density at radius 3 is 2.04 bits per heavy atom. The highest BCUT2D eigenvalue weighted by Crippen LogP contribution is 2.14. The second-order valence-corrected chi connectivity index (χ2v) is 5.32. The van der Waals surface area contributed by atoms with Crippen molar-refractivity contribution in [2.75, 3.05) is 18.4 Å². The summed E-state index contributed by atoms with van der Waals surface area (Å²) in [4.78, 5) is 34.6. The Balaban J connectivity index is 2.50. The van der Waals surface area contributed by atoms with Gasteiger partial charge in [0, 0.05) is 37.2 Å². The third kappa shape index (κ3) is 6.50. The Labute approximate surface area is 137 Å². The van der Waals surface area contributed by atoms with Crippen LogP contribution < -0.4 is 16.0 Å². The zero-order valence-corrected chi connectivity index (χ0v) is 13.9. The topological polar surface area (TPSA) is 87.3 Å². The van der Waals surface area contributed by atoms with E-state index >= 15 is 0 Å². The molecule has 0 spiro atoms. The van der Waals surface area contributed by atoms with Crippen LogP contribution in [0.5, 0.6) is 0 Å². The van der Waals surface area contributed by atoms with Gasteiger partial charge < -0.3 is 16.0 Å². The van der Waals surface area contributed by atoms with Crippen LogP contribution in [0, 0.1) is 5.92 Å². The summed E-state index contributed by atoms with van der Waals surface area (Å²) in [5, 5.41) is 8.17. The maximum absolute atomic E-state index is 12.0. The lowest BCUT2D eigenvalue weighted by molar-refractivity contribution is -0.120. The van der Waals surface area contributed by atoms with E-state index in [0.29, 0.717) is 24.3 Å². The molecule has 0 saturated carbocycles. The van der Waals surface area contributed by atoms with E-state index in [1.807, 2.05) is 13.8 Å². The van der Waals surface area contributed by atoms with Crippen molar-refractivity contribution in [1.29, 1.82) is 0 Å². The molecule has 0 bridgehead atoms. The van der Waals surface area contributed by atoms with Crippen molar-refractivity contribution in [3.05, 3.63) is 29.8 Å². The molecule has 0 aliphatic heterocycles. The summed E-state index contributed by atoms with van der Waals surface area (Å²) in [6, 6.07) is 6.75. The minimum absolute atomic E-state index is 0.00232. The fourth-order valence-electron chi connectivity index (χ4n) is 2.13. The molecule has 1 aromatic rings. The van der Waals surface area contributed by atoms with Crippen molar-refractivity contribution in [3.63, 3.8) is 0 Å². The van der Waals surface area contributed by atoms with Gasteiger partial charge in [0.05, 0.1) is 0 Å². The van der Waals surface area contributed by atoms with Crippen LogP contribution >= 0.6 is 0 Å². The van der Waals surface area contributed by atoms with Gasteiger partial charge in [0.2, 0.25) is 11.8 Å². The Morgan fingerprint density at radius 1 is 0.957 bits per heavy atom. The normalized spacial score (nSPS) is 10.3. The summed E-state index contributed by atoms with van der Waals surface area (Å²) in [6.07, 6.45) is 1.61. The number of rotatable bonds is 8. The first-order valence-electron chi connectivity index (χ1n) is 7.91. The van der Waals surface area contributed by atoms with Gasteiger partial charge in [0.1, 0.15) is 0 Å². The number of hydrogen-bond acceptors (Lipinski definition) is 3. The van der Waals surface area contributed by atoms with Gasteiger partial charge in [0.25, 0.3) is 5.91 Å². The molecule has 0 aromatic heterocycles. The molecular formula is C17H25N3O3. The molecule has 3 N–H and O–H groups in total. The number of hydrogen-bond donors (Lipinski definition) is 3. The minimum atomic E-state index is -0.215. The molecule has 0 aliphatic rings. The molecule has 0 heterocycles. The molecule has 6 nitrogen and oxygen atoms in total. The molecule has 1 rings (SSSR count). The van der Waals surface area contributed by atoms with E-state index < -0.39 is 0 Å². The summed E-state index contributed by atoms with van der Waals surface area (Å²) in [5.41, 5.74) is 1.19. The van der Waals surface area contributed by atoms with Crippen LogP contribution in [-0.2, 0) is 9.59 Å². The third-order valence-electron chi connectivity index (χ3n) is 3.56. The van der Waals surface area contributed by atoms with Crippen molar-refractivity contribution >= 4 is 23.4 Å².